The van der Waals surface area contributed by atoms with Crippen molar-refractivity contribution in [3.05, 3.63) is 0 Å². The largest absolute Gasteiger partial charge is 0.481 e. The van der Waals surface area contributed by atoms with Crippen molar-refractivity contribution in [2.45, 2.75) is 58.0 Å². The summed E-state index contributed by atoms with van der Waals surface area (Å²) in [5.41, 5.74) is 0. The van der Waals surface area contributed by atoms with Crippen molar-refractivity contribution in [3.8, 4) is 0 Å². The molecule has 21 heavy (non-hydrogen) atoms. The number of carboxylic acid groups (broad SMARTS) is 1. The molecule has 1 heterocycles. The van der Waals surface area contributed by atoms with Gasteiger partial charge in [0.1, 0.15) is 0 Å². The van der Waals surface area contributed by atoms with Crippen LogP contribution < -0.4 is 5.32 Å². The van der Waals surface area contributed by atoms with Crippen LogP contribution in [0, 0.1) is 0 Å². The average molecular weight is 299 g/mol. The molecule has 2 N–H and O–H groups in total. The first-order valence-corrected chi connectivity index (χ1v) is 7.88. The number of amides is 2. The molecule has 1 unspecified atom stereocenters. The third-order valence-corrected chi connectivity index (χ3v) is 4.20. The number of hydrogen-bond acceptors (Lipinski definition) is 3. The summed E-state index contributed by atoms with van der Waals surface area (Å²) in [4.78, 5) is 27.0. The molecule has 1 atom stereocenters. The van der Waals surface area contributed by atoms with Gasteiger partial charge < -0.3 is 20.2 Å². The molecule has 0 aliphatic carbocycles. The van der Waals surface area contributed by atoms with E-state index in [2.05, 4.69) is 24.1 Å². The molecule has 2 amide bonds. The summed E-state index contributed by atoms with van der Waals surface area (Å²) in [6.07, 6.45) is 3.67. The Bertz CT molecular complexity index is 347. The van der Waals surface area contributed by atoms with Gasteiger partial charge in [-0.25, -0.2) is 4.79 Å². The summed E-state index contributed by atoms with van der Waals surface area (Å²) in [6.45, 7) is 6.41. The van der Waals surface area contributed by atoms with E-state index in [0.717, 1.165) is 32.4 Å². The zero-order chi connectivity index (χ0) is 15.8. The highest BCUT2D eigenvalue weighted by molar-refractivity contribution is 5.74. The standard InChI is InChI=1S/C15H29N3O3/c1-12(2)17(3)11-9-16-15(21)18-10-5-4-6-13(18)7-8-14(19)20/h12-13H,4-11H2,1-3H3,(H,16,21)(H,19,20). The minimum atomic E-state index is -0.792. The van der Waals surface area contributed by atoms with Crippen molar-refractivity contribution in [2.24, 2.45) is 0 Å². The summed E-state index contributed by atoms with van der Waals surface area (Å²) in [5, 5.41) is 11.8. The first-order valence-electron chi connectivity index (χ1n) is 7.88. The van der Waals surface area contributed by atoms with E-state index >= 15 is 0 Å². The van der Waals surface area contributed by atoms with Crippen molar-refractivity contribution in [1.82, 2.24) is 15.1 Å². The van der Waals surface area contributed by atoms with Crippen LogP contribution in [0.15, 0.2) is 0 Å². The van der Waals surface area contributed by atoms with Crippen molar-refractivity contribution < 1.29 is 14.7 Å². The summed E-state index contributed by atoms with van der Waals surface area (Å²) < 4.78 is 0. The molecular formula is C15H29N3O3. The third-order valence-electron chi connectivity index (χ3n) is 4.20. The minimum Gasteiger partial charge on any atom is -0.481 e. The molecule has 0 aromatic heterocycles. The second kappa shape index (κ2) is 8.87. The van der Waals surface area contributed by atoms with Crippen LogP contribution in [0.3, 0.4) is 0 Å². The number of urea groups is 1. The van der Waals surface area contributed by atoms with Gasteiger partial charge in [-0.2, -0.15) is 0 Å². The van der Waals surface area contributed by atoms with Gasteiger partial charge in [0.15, 0.2) is 0 Å². The Morgan fingerprint density at radius 1 is 1.38 bits per heavy atom. The number of piperidine rings is 1. The van der Waals surface area contributed by atoms with Crippen molar-refractivity contribution in [1.29, 1.82) is 0 Å². The van der Waals surface area contributed by atoms with Crippen LogP contribution in [0.2, 0.25) is 0 Å². The lowest BCUT2D eigenvalue weighted by atomic mass is 9.98. The van der Waals surface area contributed by atoms with Gasteiger partial charge in [0.25, 0.3) is 0 Å². The molecule has 6 nitrogen and oxygen atoms in total. The van der Waals surface area contributed by atoms with Gasteiger partial charge in [0, 0.05) is 38.1 Å². The lowest BCUT2D eigenvalue weighted by molar-refractivity contribution is -0.137. The summed E-state index contributed by atoms with van der Waals surface area (Å²) >= 11 is 0. The molecular weight excluding hydrogens is 270 g/mol. The van der Waals surface area contributed by atoms with Crippen LogP contribution in [0.5, 0.6) is 0 Å². The van der Waals surface area contributed by atoms with E-state index in [1.807, 2.05) is 11.9 Å². The van der Waals surface area contributed by atoms with Gasteiger partial charge >= 0.3 is 12.0 Å². The minimum absolute atomic E-state index is 0.0535. The molecule has 1 aliphatic rings. The number of carbonyl (C=O) groups excluding carboxylic acids is 1. The zero-order valence-corrected chi connectivity index (χ0v) is 13.5. The quantitative estimate of drug-likeness (QED) is 0.751. The Kier molecular flexibility index (Phi) is 7.50. The molecule has 1 saturated heterocycles. The van der Waals surface area contributed by atoms with Crippen molar-refractivity contribution >= 4 is 12.0 Å². The van der Waals surface area contributed by atoms with Crippen LogP contribution >= 0.6 is 0 Å². The summed E-state index contributed by atoms with van der Waals surface area (Å²) in [7, 11) is 2.04. The Hall–Kier alpha value is -1.30. The van der Waals surface area contributed by atoms with E-state index in [1.54, 1.807) is 0 Å². The van der Waals surface area contributed by atoms with E-state index in [0.29, 0.717) is 19.0 Å². The lowest BCUT2D eigenvalue weighted by Gasteiger charge is -2.35. The zero-order valence-electron chi connectivity index (χ0n) is 13.5. The lowest BCUT2D eigenvalue weighted by Crippen LogP contribution is -2.50. The fourth-order valence-electron chi connectivity index (χ4n) is 2.56. The molecule has 6 heteroatoms. The van der Waals surface area contributed by atoms with Crippen LogP contribution in [0.4, 0.5) is 4.79 Å². The van der Waals surface area contributed by atoms with Gasteiger partial charge in [-0.3, -0.25) is 4.79 Å². The highest BCUT2D eigenvalue weighted by Crippen LogP contribution is 2.20. The first kappa shape index (κ1) is 17.8. The topological polar surface area (TPSA) is 72.9 Å². The number of rotatable bonds is 7. The maximum absolute atomic E-state index is 12.3. The second-order valence-electron chi connectivity index (χ2n) is 6.08. The SMILES string of the molecule is CC(C)N(C)CCNC(=O)N1CCCCC1CCC(=O)O. The Labute approximate surface area is 127 Å². The molecule has 0 radical (unpaired) electrons. The summed E-state index contributed by atoms with van der Waals surface area (Å²) in [6, 6.07) is 0.472. The van der Waals surface area contributed by atoms with E-state index in [4.69, 9.17) is 5.11 Å². The van der Waals surface area contributed by atoms with Crippen LogP contribution in [-0.2, 0) is 4.79 Å². The van der Waals surface area contributed by atoms with Crippen molar-refractivity contribution in [3.63, 3.8) is 0 Å². The van der Waals surface area contributed by atoms with Gasteiger partial charge in [0.05, 0.1) is 0 Å². The molecule has 0 spiro atoms. The van der Waals surface area contributed by atoms with Gasteiger partial charge in [-0.15, -0.1) is 0 Å². The number of nitrogens with zero attached hydrogens (tertiary/aromatic N) is 2. The normalized spacial score (nSPS) is 19.1. The molecule has 1 aliphatic heterocycles. The van der Waals surface area contributed by atoms with E-state index in [1.165, 1.54) is 0 Å². The maximum Gasteiger partial charge on any atom is 0.317 e. The number of nitrogens with one attached hydrogen (secondary N) is 1. The number of likely N-dealkylation sites (tertiary alicyclic amines) is 1. The van der Waals surface area contributed by atoms with E-state index < -0.39 is 5.97 Å². The fourth-order valence-corrected chi connectivity index (χ4v) is 2.56. The predicted molar refractivity (Wildman–Crippen MR) is 82.4 cm³/mol. The smallest absolute Gasteiger partial charge is 0.317 e. The van der Waals surface area contributed by atoms with E-state index in [-0.39, 0.29) is 18.5 Å². The Balaban J connectivity index is 2.40. The molecule has 0 bridgehead atoms. The number of hydrogen-bond donors (Lipinski definition) is 2. The molecule has 1 rings (SSSR count). The number of likely N-dealkylation sites (N-methyl/N-ethyl adjacent to an activating group) is 1. The van der Waals surface area contributed by atoms with Crippen LogP contribution in [-0.4, -0.2) is 65.7 Å². The molecule has 0 aromatic carbocycles. The predicted octanol–water partition coefficient (Wildman–Crippen LogP) is 1.76. The maximum atomic E-state index is 12.3. The number of carboxylic acids is 1. The number of aliphatic carboxylic acids is 1. The molecule has 1 fully saturated rings. The average Bonchev–Trinajstić information content (AvgIpc) is 2.44. The van der Waals surface area contributed by atoms with E-state index in [9.17, 15) is 9.59 Å². The van der Waals surface area contributed by atoms with Crippen molar-refractivity contribution in [2.75, 3.05) is 26.7 Å². The number of carbonyl (C=O) groups is 2. The highest BCUT2D eigenvalue weighted by atomic mass is 16.4. The van der Waals surface area contributed by atoms with Gasteiger partial charge in [-0.05, 0) is 46.6 Å². The molecule has 122 valence electrons. The summed E-state index contributed by atoms with van der Waals surface area (Å²) in [5.74, 6) is -0.792. The van der Waals surface area contributed by atoms with Gasteiger partial charge in [-0.1, -0.05) is 0 Å². The Morgan fingerprint density at radius 2 is 2.10 bits per heavy atom. The van der Waals surface area contributed by atoms with Crippen LogP contribution in [0.1, 0.15) is 46.0 Å². The highest BCUT2D eigenvalue weighted by Gasteiger charge is 2.26. The van der Waals surface area contributed by atoms with Crippen LogP contribution in [0.25, 0.3) is 0 Å². The monoisotopic (exact) mass is 299 g/mol. The third kappa shape index (κ3) is 6.33. The van der Waals surface area contributed by atoms with Gasteiger partial charge in [0.2, 0.25) is 0 Å². The molecule has 0 saturated carbocycles. The second-order valence-corrected chi connectivity index (χ2v) is 6.08. The fraction of sp³-hybridized carbons (Fsp3) is 0.867. The molecule has 0 aromatic rings. The first-order chi connectivity index (χ1) is 9.91. The Morgan fingerprint density at radius 3 is 2.71 bits per heavy atom.